The third-order valence-electron chi connectivity index (χ3n) is 7.44. The summed E-state index contributed by atoms with van der Waals surface area (Å²) in [4.78, 5) is 4.63. The Bertz CT molecular complexity index is 977. The number of aliphatic hydroxyl groups is 1. The molecule has 1 unspecified atom stereocenters. The fourth-order valence-corrected chi connectivity index (χ4v) is 5.19. The number of halogens is 6. The molecule has 2 aliphatic rings. The van der Waals surface area contributed by atoms with Crippen molar-refractivity contribution in [2.45, 2.75) is 56.4 Å². The first-order valence-corrected chi connectivity index (χ1v) is 12.4. The molecule has 0 radical (unpaired) electrons. The predicted octanol–water partition coefficient (Wildman–Crippen LogP) is 6.29. The van der Waals surface area contributed by atoms with Crippen molar-refractivity contribution in [3.05, 3.63) is 65.0 Å². The number of nitrogens with zero attached hydrogens (tertiary/aromatic N) is 2. The molecule has 1 saturated carbocycles. The van der Waals surface area contributed by atoms with Gasteiger partial charge in [0.2, 0.25) is 0 Å². The van der Waals surface area contributed by atoms with E-state index in [1.54, 1.807) is 6.07 Å². The van der Waals surface area contributed by atoms with E-state index >= 15 is 4.39 Å². The van der Waals surface area contributed by atoms with Gasteiger partial charge in [-0.05, 0) is 55.3 Å². The molecule has 37 heavy (non-hydrogen) atoms. The van der Waals surface area contributed by atoms with E-state index in [1.165, 1.54) is 18.2 Å². The summed E-state index contributed by atoms with van der Waals surface area (Å²) >= 11 is 0. The van der Waals surface area contributed by atoms with Crippen molar-refractivity contribution >= 4 is 24.8 Å². The number of likely N-dealkylation sites (N-methyl/N-ethyl adjacent to an activating group) is 1. The van der Waals surface area contributed by atoms with Gasteiger partial charge in [0, 0.05) is 38.6 Å². The van der Waals surface area contributed by atoms with Gasteiger partial charge < -0.3 is 19.6 Å². The van der Waals surface area contributed by atoms with Gasteiger partial charge in [-0.25, -0.2) is 4.39 Å². The molecule has 208 valence electrons. The summed E-state index contributed by atoms with van der Waals surface area (Å²) in [5.74, 6) is -0.690. The van der Waals surface area contributed by atoms with E-state index in [2.05, 4.69) is 16.8 Å². The minimum atomic E-state index is -4.40. The zero-order valence-corrected chi connectivity index (χ0v) is 22.6. The summed E-state index contributed by atoms with van der Waals surface area (Å²) in [6.07, 6.45) is 0.0521. The Balaban J connectivity index is 0.00000241. The molecule has 2 aromatic carbocycles. The fraction of sp³-hybridized carbons (Fsp3) is 0.556. The molecule has 1 heterocycles. The van der Waals surface area contributed by atoms with Gasteiger partial charge in [-0.2, -0.15) is 13.2 Å². The van der Waals surface area contributed by atoms with Crippen LogP contribution < -0.4 is 4.74 Å². The van der Waals surface area contributed by atoms with E-state index in [0.29, 0.717) is 24.9 Å². The zero-order chi connectivity index (χ0) is 25.1. The number of ether oxygens (including phenoxy) is 1. The lowest BCUT2D eigenvalue weighted by molar-refractivity contribution is -0.137. The SMILES string of the molecule is CN1CCN(CC(c2ccc(OCc3ccc(C(F)(F)F)cc3)c(F)c2)C2(O)CCCCC2)CC1.Cl.Cl. The van der Waals surface area contributed by atoms with Crippen LogP contribution in [0, 0.1) is 5.82 Å². The van der Waals surface area contributed by atoms with Gasteiger partial charge >= 0.3 is 6.18 Å². The van der Waals surface area contributed by atoms with Crippen LogP contribution >= 0.6 is 24.8 Å². The first-order chi connectivity index (χ1) is 16.6. The Hall–Kier alpha value is -1.58. The third kappa shape index (κ3) is 8.20. The molecule has 0 amide bonds. The number of rotatable bonds is 7. The minimum Gasteiger partial charge on any atom is -0.486 e. The molecule has 2 aromatic rings. The monoisotopic (exact) mass is 566 g/mol. The summed E-state index contributed by atoms with van der Waals surface area (Å²) in [5, 5.41) is 11.6. The first kappa shape index (κ1) is 31.6. The maximum absolute atomic E-state index is 15.1. The Morgan fingerprint density at radius 3 is 2.14 bits per heavy atom. The van der Waals surface area contributed by atoms with Crippen LogP contribution in [0.4, 0.5) is 17.6 Å². The number of hydrogen-bond acceptors (Lipinski definition) is 4. The molecule has 4 nitrogen and oxygen atoms in total. The molecule has 1 aliphatic heterocycles. The zero-order valence-electron chi connectivity index (χ0n) is 21.0. The second kappa shape index (κ2) is 13.5. The first-order valence-electron chi connectivity index (χ1n) is 12.4. The van der Waals surface area contributed by atoms with Crippen LogP contribution in [0.2, 0.25) is 0 Å². The average molecular weight is 567 g/mol. The summed E-state index contributed by atoms with van der Waals surface area (Å²) in [6, 6.07) is 9.49. The highest BCUT2D eigenvalue weighted by Gasteiger charge is 2.40. The fourth-order valence-electron chi connectivity index (χ4n) is 5.19. The van der Waals surface area contributed by atoms with Crippen LogP contribution in [0.3, 0.4) is 0 Å². The summed E-state index contributed by atoms with van der Waals surface area (Å²) in [7, 11) is 2.10. The lowest BCUT2D eigenvalue weighted by atomic mass is 9.72. The maximum Gasteiger partial charge on any atom is 0.416 e. The second-order valence-electron chi connectivity index (χ2n) is 9.99. The van der Waals surface area contributed by atoms with Crippen LogP contribution in [0.5, 0.6) is 5.75 Å². The molecular weight excluding hydrogens is 531 g/mol. The molecular formula is C27H36Cl2F4N2O2. The minimum absolute atomic E-state index is 0. The number of piperazine rings is 1. The molecule has 4 rings (SSSR count). The van der Waals surface area contributed by atoms with Crippen molar-refractivity contribution in [2.75, 3.05) is 39.8 Å². The van der Waals surface area contributed by atoms with Crippen LogP contribution in [0.15, 0.2) is 42.5 Å². The quantitative estimate of drug-likeness (QED) is 0.399. The van der Waals surface area contributed by atoms with Crippen LogP contribution in [-0.4, -0.2) is 60.3 Å². The molecule has 0 bridgehead atoms. The highest BCUT2D eigenvalue weighted by molar-refractivity contribution is 5.85. The largest absolute Gasteiger partial charge is 0.486 e. The topological polar surface area (TPSA) is 35.9 Å². The maximum atomic E-state index is 15.1. The van der Waals surface area contributed by atoms with E-state index in [4.69, 9.17) is 4.74 Å². The van der Waals surface area contributed by atoms with Crippen molar-refractivity contribution < 1.29 is 27.4 Å². The molecule has 10 heteroatoms. The van der Waals surface area contributed by atoms with E-state index in [1.807, 2.05) is 6.07 Å². The van der Waals surface area contributed by atoms with Gasteiger partial charge in [-0.15, -0.1) is 24.8 Å². The summed E-state index contributed by atoms with van der Waals surface area (Å²) in [6.45, 7) is 4.41. The van der Waals surface area contributed by atoms with E-state index in [-0.39, 0.29) is 43.1 Å². The smallest absolute Gasteiger partial charge is 0.416 e. The van der Waals surface area contributed by atoms with E-state index in [0.717, 1.165) is 63.1 Å². The molecule has 1 saturated heterocycles. The Morgan fingerprint density at radius 1 is 0.946 bits per heavy atom. The van der Waals surface area contributed by atoms with Crippen LogP contribution in [0.1, 0.15) is 54.7 Å². The van der Waals surface area contributed by atoms with Gasteiger partial charge in [-0.3, -0.25) is 0 Å². The third-order valence-corrected chi connectivity index (χ3v) is 7.44. The molecule has 1 aliphatic carbocycles. The van der Waals surface area contributed by atoms with Gasteiger partial charge in [0.25, 0.3) is 0 Å². The van der Waals surface area contributed by atoms with E-state index in [9.17, 15) is 18.3 Å². The Kier molecular flexibility index (Phi) is 11.5. The van der Waals surface area contributed by atoms with Crippen molar-refractivity contribution in [1.82, 2.24) is 9.80 Å². The molecule has 0 aromatic heterocycles. The highest BCUT2D eigenvalue weighted by atomic mass is 35.5. The van der Waals surface area contributed by atoms with Crippen molar-refractivity contribution in [2.24, 2.45) is 0 Å². The van der Waals surface area contributed by atoms with Crippen molar-refractivity contribution in [3.8, 4) is 5.75 Å². The second-order valence-corrected chi connectivity index (χ2v) is 9.99. The van der Waals surface area contributed by atoms with Gasteiger partial charge in [0.15, 0.2) is 11.6 Å². The van der Waals surface area contributed by atoms with Crippen LogP contribution in [-0.2, 0) is 12.8 Å². The normalized spacial score (nSPS) is 19.4. The Morgan fingerprint density at radius 2 is 1.57 bits per heavy atom. The van der Waals surface area contributed by atoms with Crippen molar-refractivity contribution in [1.29, 1.82) is 0 Å². The van der Waals surface area contributed by atoms with Crippen molar-refractivity contribution in [3.63, 3.8) is 0 Å². The number of alkyl halides is 3. The molecule has 1 N–H and O–H groups in total. The van der Waals surface area contributed by atoms with E-state index < -0.39 is 23.2 Å². The predicted molar refractivity (Wildman–Crippen MR) is 141 cm³/mol. The van der Waals surface area contributed by atoms with Gasteiger partial charge in [-0.1, -0.05) is 37.5 Å². The average Bonchev–Trinajstić information content (AvgIpc) is 2.83. The number of hydrogen-bond donors (Lipinski definition) is 1. The summed E-state index contributed by atoms with van der Waals surface area (Å²) < 4.78 is 58.9. The lowest BCUT2D eigenvalue weighted by Gasteiger charge is -2.43. The van der Waals surface area contributed by atoms with Gasteiger partial charge in [0.05, 0.1) is 11.2 Å². The van der Waals surface area contributed by atoms with Crippen LogP contribution in [0.25, 0.3) is 0 Å². The molecule has 0 spiro atoms. The summed E-state index contributed by atoms with van der Waals surface area (Å²) in [5.41, 5.74) is -0.320. The standard InChI is InChI=1S/C27H34F4N2O2.2ClH/c1-32-13-15-33(16-14-32)18-23(26(34)11-3-2-4-12-26)21-7-10-25(24(28)17-21)35-19-20-5-8-22(9-6-20)27(29,30)31;;/h5-10,17,23,34H,2-4,11-16,18-19H2,1H3;2*1H. The van der Waals surface area contributed by atoms with Gasteiger partial charge in [0.1, 0.15) is 6.61 Å². The molecule has 2 fully saturated rings. The Labute approximate surface area is 228 Å². The number of benzene rings is 2. The molecule has 1 atom stereocenters. The lowest BCUT2D eigenvalue weighted by Crippen LogP contribution is -2.50. The highest BCUT2D eigenvalue weighted by Crippen LogP contribution is 2.41.